The van der Waals surface area contributed by atoms with E-state index >= 15 is 0 Å². The van der Waals surface area contributed by atoms with Crippen LogP contribution >= 0.6 is 0 Å². The fourth-order valence-corrected chi connectivity index (χ4v) is 1.61. The standard InChI is InChI=1S/C11H9N3O/c1-14-6-4-9(13-14)8-7-15-10-3-2-5-12-11(8)10/h2-7H,1H3. The fraction of sp³-hybridized carbons (Fsp3) is 0.0909. The van der Waals surface area contributed by atoms with Crippen LogP contribution in [0.5, 0.6) is 0 Å². The molecule has 0 amide bonds. The zero-order chi connectivity index (χ0) is 10.3. The second-order valence-electron chi connectivity index (χ2n) is 3.37. The van der Waals surface area contributed by atoms with E-state index in [0.29, 0.717) is 0 Å². The highest BCUT2D eigenvalue weighted by Crippen LogP contribution is 2.26. The smallest absolute Gasteiger partial charge is 0.153 e. The van der Waals surface area contributed by atoms with Crippen LogP contribution in [-0.4, -0.2) is 14.8 Å². The molecular formula is C11H9N3O. The van der Waals surface area contributed by atoms with Gasteiger partial charge in [-0.25, -0.2) is 0 Å². The molecule has 0 aliphatic heterocycles. The summed E-state index contributed by atoms with van der Waals surface area (Å²) in [6, 6.07) is 5.70. The summed E-state index contributed by atoms with van der Waals surface area (Å²) < 4.78 is 7.16. The van der Waals surface area contributed by atoms with Gasteiger partial charge in [-0.05, 0) is 18.2 Å². The highest BCUT2D eigenvalue weighted by atomic mass is 16.3. The van der Waals surface area contributed by atoms with Crippen LogP contribution in [0.4, 0.5) is 0 Å². The van der Waals surface area contributed by atoms with E-state index in [-0.39, 0.29) is 0 Å². The van der Waals surface area contributed by atoms with Crippen molar-refractivity contribution < 1.29 is 4.42 Å². The van der Waals surface area contributed by atoms with Crippen molar-refractivity contribution in [2.75, 3.05) is 0 Å². The Balaban J connectivity index is 2.27. The molecule has 3 rings (SSSR count). The van der Waals surface area contributed by atoms with E-state index in [0.717, 1.165) is 22.4 Å². The monoisotopic (exact) mass is 199 g/mol. The minimum absolute atomic E-state index is 0.790. The van der Waals surface area contributed by atoms with Gasteiger partial charge < -0.3 is 4.42 Å². The molecule has 0 aliphatic rings. The number of hydrogen-bond acceptors (Lipinski definition) is 3. The van der Waals surface area contributed by atoms with Crippen LogP contribution in [-0.2, 0) is 7.05 Å². The molecule has 0 radical (unpaired) electrons. The van der Waals surface area contributed by atoms with Crippen molar-refractivity contribution in [3.05, 3.63) is 36.9 Å². The van der Waals surface area contributed by atoms with Gasteiger partial charge in [0.25, 0.3) is 0 Å². The van der Waals surface area contributed by atoms with Gasteiger partial charge in [0.1, 0.15) is 11.8 Å². The minimum Gasteiger partial charge on any atom is -0.462 e. The zero-order valence-corrected chi connectivity index (χ0v) is 8.21. The van der Waals surface area contributed by atoms with Crippen molar-refractivity contribution in [2.24, 2.45) is 7.05 Å². The van der Waals surface area contributed by atoms with Gasteiger partial charge in [0, 0.05) is 19.4 Å². The summed E-state index contributed by atoms with van der Waals surface area (Å²) in [7, 11) is 1.89. The third kappa shape index (κ3) is 1.22. The molecule has 0 aromatic carbocycles. The average Bonchev–Trinajstić information content (AvgIpc) is 2.83. The van der Waals surface area contributed by atoms with Crippen LogP contribution in [0.15, 0.2) is 41.3 Å². The lowest BCUT2D eigenvalue weighted by atomic mass is 10.2. The Morgan fingerprint density at radius 1 is 1.33 bits per heavy atom. The summed E-state index contributed by atoms with van der Waals surface area (Å²) in [5.74, 6) is 0. The molecule has 0 unspecified atom stereocenters. The molecule has 0 atom stereocenters. The Kier molecular flexibility index (Phi) is 1.62. The number of furan rings is 1. The first-order chi connectivity index (χ1) is 7.34. The lowest BCUT2D eigenvalue weighted by Crippen LogP contribution is -1.87. The van der Waals surface area contributed by atoms with Crippen molar-refractivity contribution >= 4 is 11.1 Å². The SMILES string of the molecule is Cn1ccc(-c2coc3cccnc23)n1. The molecule has 0 bridgehead atoms. The van der Waals surface area contributed by atoms with E-state index in [2.05, 4.69) is 10.1 Å². The molecule has 0 saturated heterocycles. The molecule has 15 heavy (non-hydrogen) atoms. The molecule has 0 fully saturated rings. The third-order valence-corrected chi connectivity index (χ3v) is 2.32. The van der Waals surface area contributed by atoms with Gasteiger partial charge in [0.2, 0.25) is 0 Å². The maximum atomic E-state index is 5.40. The summed E-state index contributed by atoms with van der Waals surface area (Å²) in [6.07, 6.45) is 5.35. The maximum Gasteiger partial charge on any atom is 0.153 e. The number of nitrogens with zero attached hydrogens (tertiary/aromatic N) is 3. The molecular weight excluding hydrogens is 190 g/mol. The summed E-state index contributed by atoms with van der Waals surface area (Å²) in [5.41, 5.74) is 3.47. The Labute approximate surface area is 86.2 Å². The van der Waals surface area contributed by atoms with E-state index in [9.17, 15) is 0 Å². The third-order valence-electron chi connectivity index (χ3n) is 2.32. The number of rotatable bonds is 1. The molecule has 3 heterocycles. The van der Waals surface area contributed by atoms with Crippen molar-refractivity contribution in [1.82, 2.24) is 14.8 Å². The van der Waals surface area contributed by atoms with Gasteiger partial charge in [-0.2, -0.15) is 5.10 Å². The Morgan fingerprint density at radius 2 is 2.27 bits per heavy atom. The van der Waals surface area contributed by atoms with Crippen LogP contribution < -0.4 is 0 Å². The molecule has 0 spiro atoms. The number of hydrogen-bond donors (Lipinski definition) is 0. The van der Waals surface area contributed by atoms with Crippen LogP contribution in [0.25, 0.3) is 22.4 Å². The molecule has 0 N–H and O–H groups in total. The predicted octanol–water partition coefficient (Wildman–Crippen LogP) is 2.23. The van der Waals surface area contributed by atoms with Crippen molar-refractivity contribution in [3.8, 4) is 11.3 Å². The topological polar surface area (TPSA) is 43.9 Å². The Morgan fingerprint density at radius 3 is 3.07 bits per heavy atom. The number of pyridine rings is 1. The van der Waals surface area contributed by atoms with Crippen molar-refractivity contribution in [3.63, 3.8) is 0 Å². The fourth-order valence-electron chi connectivity index (χ4n) is 1.61. The largest absolute Gasteiger partial charge is 0.462 e. The average molecular weight is 199 g/mol. The molecule has 4 heteroatoms. The molecule has 0 aliphatic carbocycles. The van der Waals surface area contributed by atoms with Crippen LogP contribution in [0, 0.1) is 0 Å². The number of fused-ring (bicyclic) bond motifs is 1. The van der Waals surface area contributed by atoms with Crippen LogP contribution in [0.1, 0.15) is 0 Å². The normalized spacial score (nSPS) is 11.0. The van der Waals surface area contributed by atoms with Crippen LogP contribution in [0.3, 0.4) is 0 Å². The summed E-state index contributed by atoms with van der Waals surface area (Å²) in [5, 5.41) is 4.32. The first-order valence-corrected chi connectivity index (χ1v) is 4.67. The Bertz CT molecular complexity index is 609. The van der Waals surface area contributed by atoms with Gasteiger partial charge in [0.15, 0.2) is 5.58 Å². The van der Waals surface area contributed by atoms with E-state index in [1.807, 2.05) is 31.4 Å². The molecule has 4 nitrogen and oxygen atoms in total. The van der Waals surface area contributed by atoms with Gasteiger partial charge in [0.05, 0.1) is 11.3 Å². The van der Waals surface area contributed by atoms with Gasteiger partial charge in [-0.3, -0.25) is 9.67 Å². The first-order valence-electron chi connectivity index (χ1n) is 4.67. The van der Waals surface area contributed by atoms with Crippen molar-refractivity contribution in [1.29, 1.82) is 0 Å². The summed E-state index contributed by atoms with van der Waals surface area (Å²) in [4.78, 5) is 4.28. The first kappa shape index (κ1) is 8.23. The maximum absolute atomic E-state index is 5.40. The zero-order valence-electron chi connectivity index (χ0n) is 8.21. The lowest BCUT2D eigenvalue weighted by Gasteiger charge is -1.90. The predicted molar refractivity (Wildman–Crippen MR) is 56.2 cm³/mol. The second-order valence-corrected chi connectivity index (χ2v) is 3.37. The molecule has 3 aromatic heterocycles. The molecule has 74 valence electrons. The number of aryl methyl sites for hydroxylation is 1. The van der Waals surface area contributed by atoms with E-state index in [1.54, 1.807) is 17.1 Å². The Hall–Kier alpha value is -2.10. The van der Waals surface area contributed by atoms with Gasteiger partial charge in [-0.1, -0.05) is 0 Å². The minimum atomic E-state index is 0.790. The lowest BCUT2D eigenvalue weighted by molar-refractivity contribution is 0.616. The van der Waals surface area contributed by atoms with E-state index < -0.39 is 0 Å². The highest BCUT2D eigenvalue weighted by Gasteiger charge is 2.10. The summed E-state index contributed by atoms with van der Waals surface area (Å²) in [6.45, 7) is 0. The highest BCUT2D eigenvalue weighted by molar-refractivity contribution is 5.89. The van der Waals surface area contributed by atoms with E-state index in [4.69, 9.17) is 4.42 Å². The number of aromatic nitrogens is 3. The second kappa shape index (κ2) is 2.95. The van der Waals surface area contributed by atoms with Crippen LogP contribution in [0.2, 0.25) is 0 Å². The molecule has 3 aromatic rings. The quantitative estimate of drug-likeness (QED) is 0.603. The molecule has 0 saturated carbocycles. The van der Waals surface area contributed by atoms with Crippen molar-refractivity contribution in [2.45, 2.75) is 0 Å². The summed E-state index contributed by atoms with van der Waals surface area (Å²) >= 11 is 0. The van der Waals surface area contributed by atoms with Gasteiger partial charge in [-0.15, -0.1) is 0 Å². The van der Waals surface area contributed by atoms with Gasteiger partial charge >= 0.3 is 0 Å². The van der Waals surface area contributed by atoms with E-state index in [1.165, 1.54) is 0 Å².